The van der Waals surface area contributed by atoms with E-state index in [9.17, 15) is 4.79 Å². The lowest BCUT2D eigenvalue weighted by Gasteiger charge is -2.29. The summed E-state index contributed by atoms with van der Waals surface area (Å²) >= 11 is 19.6. The molecule has 0 bridgehead atoms. The van der Waals surface area contributed by atoms with E-state index in [1.54, 1.807) is 29.2 Å². The van der Waals surface area contributed by atoms with Crippen LogP contribution in [0.3, 0.4) is 0 Å². The fourth-order valence-corrected chi connectivity index (χ4v) is 4.42. The SMILES string of the molecule is O=C(COc1ccc(Cl)cc1Cl)N1c2ccccc2Sc2cc(Cl)cnc21. The van der Waals surface area contributed by atoms with Gasteiger partial charge in [-0.05, 0) is 36.4 Å². The molecule has 0 N–H and O–H groups in total. The average Bonchev–Trinajstić information content (AvgIpc) is 2.65. The van der Waals surface area contributed by atoms with Crippen molar-refractivity contribution in [1.82, 2.24) is 4.98 Å². The molecule has 0 aliphatic carbocycles. The first-order valence-corrected chi connectivity index (χ1v) is 9.81. The van der Waals surface area contributed by atoms with Crippen LogP contribution in [0.25, 0.3) is 0 Å². The van der Waals surface area contributed by atoms with Crippen LogP contribution in [0.2, 0.25) is 15.1 Å². The fourth-order valence-electron chi connectivity index (χ4n) is 2.67. The highest BCUT2D eigenvalue weighted by molar-refractivity contribution is 7.99. The zero-order valence-corrected chi connectivity index (χ0v) is 16.7. The summed E-state index contributed by atoms with van der Waals surface area (Å²) in [6, 6.07) is 14.2. The maximum Gasteiger partial charge on any atom is 0.270 e. The Kier molecular flexibility index (Phi) is 5.19. The van der Waals surface area contributed by atoms with Crippen molar-refractivity contribution in [2.45, 2.75) is 9.79 Å². The number of hydrogen-bond acceptors (Lipinski definition) is 4. The lowest BCUT2D eigenvalue weighted by molar-refractivity contribution is -0.119. The van der Waals surface area contributed by atoms with Gasteiger partial charge < -0.3 is 4.74 Å². The number of ether oxygens (including phenoxy) is 1. The molecule has 0 fully saturated rings. The van der Waals surface area contributed by atoms with Crippen LogP contribution in [0.5, 0.6) is 5.75 Å². The number of amides is 1. The molecule has 27 heavy (non-hydrogen) atoms. The van der Waals surface area contributed by atoms with Gasteiger partial charge in [0, 0.05) is 16.1 Å². The standard InChI is InChI=1S/C19H11Cl3N2O2S/c20-11-5-6-15(13(22)7-11)26-10-18(25)24-14-3-1-2-4-16(14)27-17-8-12(21)9-23-19(17)24/h1-9H,10H2. The molecular formula is C19H11Cl3N2O2S. The first kappa shape index (κ1) is 18.4. The zero-order valence-electron chi connectivity index (χ0n) is 13.7. The molecule has 4 nitrogen and oxygen atoms in total. The maximum absolute atomic E-state index is 13.0. The molecule has 136 valence electrons. The number of fused-ring (bicyclic) bond motifs is 2. The minimum Gasteiger partial charge on any atom is -0.482 e. The molecule has 0 unspecified atom stereocenters. The molecule has 4 rings (SSSR count). The summed E-state index contributed by atoms with van der Waals surface area (Å²) in [6.45, 7) is -0.204. The highest BCUT2D eigenvalue weighted by atomic mass is 35.5. The molecule has 2 heterocycles. The molecule has 8 heteroatoms. The summed E-state index contributed by atoms with van der Waals surface area (Å²) in [5, 5.41) is 1.35. The Morgan fingerprint density at radius 3 is 2.67 bits per heavy atom. The van der Waals surface area contributed by atoms with Gasteiger partial charge in [0.25, 0.3) is 5.91 Å². The van der Waals surface area contributed by atoms with Gasteiger partial charge in [0.05, 0.1) is 20.6 Å². The van der Waals surface area contributed by atoms with Crippen molar-refractivity contribution in [3.8, 4) is 5.75 Å². The molecule has 2 aromatic carbocycles. The second kappa shape index (κ2) is 7.60. The van der Waals surface area contributed by atoms with Crippen molar-refractivity contribution < 1.29 is 9.53 Å². The molecule has 1 aliphatic rings. The predicted octanol–water partition coefficient (Wildman–Crippen LogP) is 6.25. The Balaban J connectivity index is 1.65. The number of para-hydroxylation sites is 1. The van der Waals surface area contributed by atoms with E-state index in [-0.39, 0.29) is 12.5 Å². The molecule has 0 saturated carbocycles. The van der Waals surface area contributed by atoms with Crippen molar-refractivity contribution in [3.63, 3.8) is 0 Å². The van der Waals surface area contributed by atoms with Gasteiger partial charge in [-0.1, -0.05) is 58.7 Å². The fraction of sp³-hybridized carbons (Fsp3) is 0.0526. The van der Waals surface area contributed by atoms with Crippen LogP contribution in [0.15, 0.2) is 64.5 Å². The Hall–Kier alpha value is -1.92. The first-order chi connectivity index (χ1) is 13.0. The number of hydrogen-bond donors (Lipinski definition) is 0. The van der Waals surface area contributed by atoms with Crippen LogP contribution < -0.4 is 9.64 Å². The second-order valence-electron chi connectivity index (χ2n) is 5.64. The topological polar surface area (TPSA) is 42.4 Å². The molecule has 0 radical (unpaired) electrons. The molecular weight excluding hydrogens is 427 g/mol. The van der Waals surface area contributed by atoms with Gasteiger partial charge in [-0.2, -0.15) is 0 Å². The predicted molar refractivity (Wildman–Crippen MR) is 109 cm³/mol. The van der Waals surface area contributed by atoms with Gasteiger partial charge in [-0.15, -0.1) is 0 Å². The number of carbonyl (C=O) groups excluding carboxylic acids is 1. The third-order valence-corrected chi connectivity index (χ3v) is 5.65. The molecule has 1 aromatic heterocycles. The number of anilines is 2. The van der Waals surface area contributed by atoms with Crippen molar-refractivity contribution >= 4 is 64.0 Å². The van der Waals surface area contributed by atoms with Gasteiger partial charge in [0.2, 0.25) is 0 Å². The van der Waals surface area contributed by atoms with E-state index in [4.69, 9.17) is 39.5 Å². The summed E-state index contributed by atoms with van der Waals surface area (Å²) in [5.74, 6) is 0.641. The van der Waals surface area contributed by atoms with Crippen molar-refractivity contribution in [2.75, 3.05) is 11.5 Å². The second-order valence-corrected chi connectivity index (χ2v) is 8.00. The summed E-state index contributed by atoms with van der Waals surface area (Å²) < 4.78 is 5.62. The van der Waals surface area contributed by atoms with Crippen LogP contribution >= 0.6 is 46.6 Å². The highest BCUT2D eigenvalue weighted by Crippen LogP contribution is 2.47. The third kappa shape index (κ3) is 3.73. The molecule has 0 saturated heterocycles. The summed E-state index contributed by atoms with van der Waals surface area (Å²) in [7, 11) is 0. The third-order valence-electron chi connectivity index (χ3n) is 3.83. The van der Waals surface area contributed by atoms with Gasteiger partial charge >= 0.3 is 0 Å². The highest BCUT2D eigenvalue weighted by Gasteiger charge is 2.29. The van der Waals surface area contributed by atoms with E-state index < -0.39 is 0 Å². The number of aromatic nitrogens is 1. The molecule has 1 aliphatic heterocycles. The first-order valence-electron chi connectivity index (χ1n) is 7.86. The van der Waals surface area contributed by atoms with Gasteiger partial charge in [-0.25, -0.2) is 4.98 Å². The molecule has 3 aromatic rings. The van der Waals surface area contributed by atoms with Gasteiger partial charge in [0.1, 0.15) is 5.75 Å². The molecule has 1 amide bonds. The number of nitrogens with zero attached hydrogens (tertiary/aromatic N) is 2. The Morgan fingerprint density at radius 1 is 1.04 bits per heavy atom. The van der Waals surface area contributed by atoms with E-state index in [1.165, 1.54) is 18.0 Å². The van der Waals surface area contributed by atoms with Crippen LogP contribution in [-0.4, -0.2) is 17.5 Å². The summed E-state index contributed by atoms with van der Waals surface area (Å²) in [5.41, 5.74) is 0.751. The largest absolute Gasteiger partial charge is 0.482 e. The number of halogens is 3. The Morgan fingerprint density at radius 2 is 1.85 bits per heavy atom. The van der Waals surface area contributed by atoms with Gasteiger partial charge in [0.15, 0.2) is 12.4 Å². The van der Waals surface area contributed by atoms with Crippen molar-refractivity contribution in [3.05, 3.63) is 69.8 Å². The molecule has 0 atom stereocenters. The zero-order chi connectivity index (χ0) is 19.0. The van der Waals surface area contributed by atoms with Crippen LogP contribution in [-0.2, 0) is 4.79 Å². The minimum absolute atomic E-state index is 0.204. The summed E-state index contributed by atoms with van der Waals surface area (Å²) in [6.07, 6.45) is 1.52. The number of carbonyl (C=O) groups is 1. The van der Waals surface area contributed by atoms with Crippen LogP contribution in [0.4, 0.5) is 11.5 Å². The van der Waals surface area contributed by atoms with E-state index in [1.807, 2.05) is 24.3 Å². The van der Waals surface area contributed by atoms with E-state index in [2.05, 4.69) is 4.98 Å². The van der Waals surface area contributed by atoms with Crippen molar-refractivity contribution in [1.29, 1.82) is 0 Å². The van der Waals surface area contributed by atoms with E-state index in [0.717, 1.165) is 15.5 Å². The maximum atomic E-state index is 13.0. The van der Waals surface area contributed by atoms with Crippen LogP contribution in [0, 0.1) is 0 Å². The smallest absolute Gasteiger partial charge is 0.270 e. The quantitative estimate of drug-likeness (QED) is 0.485. The lowest BCUT2D eigenvalue weighted by Crippen LogP contribution is -2.33. The van der Waals surface area contributed by atoms with Crippen LogP contribution in [0.1, 0.15) is 0 Å². The molecule has 0 spiro atoms. The lowest BCUT2D eigenvalue weighted by atomic mass is 10.2. The number of pyridine rings is 1. The number of benzene rings is 2. The minimum atomic E-state index is -0.273. The monoisotopic (exact) mass is 436 g/mol. The van der Waals surface area contributed by atoms with E-state index in [0.29, 0.717) is 26.6 Å². The number of rotatable bonds is 3. The van der Waals surface area contributed by atoms with Gasteiger partial charge in [-0.3, -0.25) is 9.69 Å². The average molecular weight is 438 g/mol. The van der Waals surface area contributed by atoms with Crippen molar-refractivity contribution in [2.24, 2.45) is 0 Å². The summed E-state index contributed by atoms with van der Waals surface area (Å²) in [4.78, 5) is 20.7. The Bertz CT molecular complexity index is 1050. The Labute approximate surface area is 175 Å². The normalized spacial score (nSPS) is 12.3. The van der Waals surface area contributed by atoms with E-state index >= 15 is 0 Å².